The van der Waals surface area contributed by atoms with Crippen LogP contribution in [0, 0.1) is 0 Å². The van der Waals surface area contributed by atoms with Gasteiger partial charge in [-0.1, -0.05) is 6.07 Å². The highest BCUT2D eigenvalue weighted by Gasteiger charge is 2.42. The third-order valence-electron chi connectivity index (χ3n) is 4.20. The average Bonchev–Trinajstić information content (AvgIpc) is 3.19. The topological polar surface area (TPSA) is 64.2 Å². The largest absolute Gasteiger partial charge is 0.434 e. The normalized spacial score (nSPS) is 18.2. The van der Waals surface area contributed by atoms with Crippen LogP contribution in [0.1, 0.15) is 28.0 Å². The number of aromatic nitrogens is 2. The van der Waals surface area contributed by atoms with Crippen LogP contribution in [0.25, 0.3) is 5.69 Å². The highest BCUT2D eigenvalue weighted by molar-refractivity contribution is 5.95. The molecule has 1 atom stereocenters. The highest BCUT2D eigenvalue weighted by Crippen LogP contribution is 2.36. The Labute approximate surface area is 149 Å². The van der Waals surface area contributed by atoms with E-state index in [2.05, 4.69) is 5.10 Å². The summed E-state index contributed by atoms with van der Waals surface area (Å²) in [6.07, 6.45) is -8.56. The van der Waals surface area contributed by atoms with Crippen molar-refractivity contribution in [3.05, 3.63) is 47.3 Å². The van der Waals surface area contributed by atoms with E-state index in [-0.39, 0.29) is 19.1 Å². The fourth-order valence-corrected chi connectivity index (χ4v) is 2.93. The molecule has 1 amide bonds. The van der Waals surface area contributed by atoms with Crippen LogP contribution >= 0.6 is 0 Å². The van der Waals surface area contributed by atoms with Gasteiger partial charge in [0.05, 0.1) is 23.0 Å². The molecule has 0 radical (unpaired) electrons. The summed E-state index contributed by atoms with van der Waals surface area (Å²) in [7, 11) is 0. The lowest BCUT2D eigenvalue weighted by atomic mass is 10.1. The van der Waals surface area contributed by atoms with E-state index in [4.69, 9.17) is 5.73 Å². The van der Waals surface area contributed by atoms with E-state index in [0.29, 0.717) is 17.2 Å². The number of hydrogen-bond donors (Lipinski definition) is 1. The fourth-order valence-electron chi connectivity index (χ4n) is 2.93. The molecular formula is C16H14F6N4O. The summed E-state index contributed by atoms with van der Waals surface area (Å²) in [5.74, 6) is -0.909. The highest BCUT2D eigenvalue weighted by atomic mass is 19.4. The monoisotopic (exact) mass is 392 g/mol. The number of nitrogens with zero attached hydrogens (tertiary/aromatic N) is 3. The number of halogens is 6. The van der Waals surface area contributed by atoms with Crippen LogP contribution in [0.3, 0.4) is 0 Å². The Hall–Kier alpha value is -2.56. The van der Waals surface area contributed by atoms with Crippen LogP contribution < -0.4 is 5.73 Å². The molecule has 0 spiro atoms. The Morgan fingerprint density at radius 3 is 2.41 bits per heavy atom. The number of hydrogen-bond acceptors (Lipinski definition) is 3. The minimum Gasteiger partial charge on any atom is -0.337 e. The number of amides is 1. The van der Waals surface area contributed by atoms with E-state index >= 15 is 0 Å². The summed E-state index contributed by atoms with van der Waals surface area (Å²) in [6.45, 7) is 0.302. The standard InChI is InChI=1S/C16H14F6N4O/c17-15(18,19)9-2-1-3-11(6-9)26-13(16(20,21)22)12(7-24-26)14(27)25-5-4-10(23)8-25/h1-3,6-7,10H,4-5,8,23H2/t10-/m1/s1. The molecule has 11 heteroatoms. The number of rotatable bonds is 2. The Balaban J connectivity index is 2.08. The van der Waals surface area contributed by atoms with Gasteiger partial charge >= 0.3 is 12.4 Å². The number of alkyl halides is 6. The van der Waals surface area contributed by atoms with Gasteiger partial charge in [0.25, 0.3) is 5.91 Å². The number of benzene rings is 1. The first-order chi connectivity index (χ1) is 12.5. The van der Waals surface area contributed by atoms with Crippen LogP contribution in [0.5, 0.6) is 0 Å². The smallest absolute Gasteiger partial charge is 0.337 e. The van der Waals surface area contributed by atoms with Gasteiger partial charge in [-0.3, -0.25) is 4.79 Å². The number of likely N-dealkylation sites (tertiary alicyclic amines) is 1. The molecule has 0 bridgehead atoms. The quantitative estimate of drug-likeness (QED) is 0.799. The summed E-state index contributed by atoms with van der Waals surface area (Å²) in [4.78, 5) is 13.6. The van der Waals surface area contributed by atoms with Gasteiger partial charge in [-0.15, -0.1) is 0 Å². The molecule has 1 saturated heterocycles. The Morgan fingerprint density at radius 2 is 1.85 bits per heavy atom. The van der Waals surface area contributed by atoms with Gasteiger partial charge in [0.1, 0.15) is 0 Å². The Bertz CT molecular complexity index is 857. The molecule has 2 aromatic rings. The summed E-state index contributed by atoms with van der Waals surface area (Å²) in [5.41, 5.74) is 1.95. The van der Waals surface area contributed by atoms with Crippen molar-refractivity contribution in [1.29, 1.82) is 0 Å². The molecule has 1 aliphatic rings. The Morgan fingerprint density at radius 1 is 1.15 bits per heavy atom. The van der Waals surface area contributed by atoms with Crippen molar-refractivity contribution in [1.82, 2.24) is 14.7 Å². The number of nitrogens with two attached hydrogens (primary N) is 1. The lowest BCUT2D eigenvalue weighted by Crippen LogP contribution is -2.33. The Kier molecular flexibility index (Phi) is 4.66. The predicted octanol–water partition coefficient (Wildman–Crippen LogP) is 3.08. The third-order valence-corrected chi connectivity index (χ3v) is 4.20. The van der Waals surface area contributed by atoms with E-state index < -0.39 is 40.8 Å². The van der Waals surface area contributed by atoms with Crippen molar-refractivity contribution >= 4 is 5.91 Å². The van der Waals surface area contributed by atoms with Gasteiger partial charge in [0, 0.05) is 19.1 Å². The maximum Gasteiger partial charge on any atom is 0.434 e. The molecule has 27 heavy (non-hydrogen) atoms. The van der Waals surface area contributed by atoms with Crippen molar-refractivity contribution in [3.8, 4) is 5.69 Å². The van der Waals surface area contributed by atoms with Crippen molar-refractivity contribution in [3.63, 3.8) is 0 Å². The zero-order valence-electron chi connectivity index (χ0n) is 13.7. The molecule has 2 heterocycles. The van der Waals surface area contributed by atoms with E-state index in [9.17, 15) is 31.1 Å². The minimum atomic E-state index is -5.00. The average molecular weight is 392 g/mol. The summed E-state index contributed by atoms with van der Waals surface area (Å²) >= 11 is 0. The molecule has 0 saturated carbocycles. The zero-order valence-corrected chi connectivity index (χ0v) is 13.7. The van der Waals surface area contributed by atoms with Crippen LogP contribution in [-0.2, 0) is 12.4 Å². The van der Waals surface area contributed by atoms with Crippen LogP contribution in [0.4, 0.5) is 26.3 Å². The molecule has 0 unspecified atom stereocenters. The minimum absolute atomic E-state index is 0.102. The van der Waals surface area contributed by atoms with E-state index in [1.165, 1.54) is 4.90 Å². The predicted molar refractivity (Wildman–Crippen MR) is 82.1 cm³/mol. The fraction of sp³-hybridized carbons (Fsp3) is 0.375. The molecule has 1 aromatic heterocycles. The molecule has 146 valence electrons. The molecule has 1 aliphatic heterocycles. The first-order valence-electron chi connectivity index (χ1n) is 7.86. The summed E-state index contributed by atoms with van der Waals surface area (Å²) in [6, 6.07) is 2.97. The number of carbonyl (C=O) groups is 1. The van der Waals surface area contributed by atoms with Gasteiger partial charge in [0.2, 0.25) is 0 Å². The van der Waals surface area contributed by atoms with Gasteiger partial charge in [-0.2, -0.15) is 31.4 Å². The SMILES string of the molecule is N[C@@H]1CCN(C(=O)c2cnn(-c3cccc(C(F)(F)F)c3)c2C(F)(F)F)C1. The van der Waals surface area contributed by atoms with Crippen LogP contribution in [0.2, 0.25) is 0 Å². The van der Waals surface area contributed by atoms with Crippen LogP contribution in [0.15, 0.2) is 30.5 Å². The summed E-state index contributed by atoms with van der Waals surface area (Å²) < 4.78 is 79.7. The molecule has 1 fully saturated rings. The zero-order chi connectivity index (χ0) is 20.0. The second-order valence-corrected chi connectivity index (χ2v) is 6.16. The van der Waals surface area contributed by atoms with Gasteiger partial charge in [0.15, 0.2) is 5.69 Å². The molecule has 2 N–H and O–H groups in total. The molecule has 1 aromatic carbocycles. The van der Waals surface area contributed by atoms with Gasteiger partial charge in [-0.05, 0) is 24.6 Å². The van der Waals surface area contributed by atoms with E-state index in [0.717, 1.165) is 24.4 Å². The van der Waals surface area contributed by atoms with Crippen molar-refractivity contribution < 1.29 is 31.1 Å². The van der Waals surface area contributed by atoms with E-state index in [1.807, 2.05) is 0 Å². The second kappa shape index (κ2) is 6.55. The second-order valence-electron chi connectivity index (χ2n) is 6.16. The summed E-state index contributed by atoms with van der Waals surface area (Å²) in [5, 5.41) is 3.54. The molecular weight excluding hydrogens is 378 g/mol. The first-order valence-corrected chi connectivity index (χ1v) is 7.86. The molecule has 5 nitrogen and oxygen atoms in total. The lowest BCUT2D eigenvalue weighted by Gasteiger charge is -2.18. The van der Waals surface area contributed by atoms with Crippen molar-refractivity contribution in [2.75, 3.05) is 13.1 Å². The maximum atomic E-state index is 13.6. The third kappa shape index (κ3) is 3.77. The molecule has 3 rings (SSSR count). The lowest BCUT2D eigenvalue weighted by molar-refractivity contribution is -0.143. The van der Waals surface area contributed by atoms with E-state index in [1.54, 1.807) is 0 Å². The first kappa shape index (κ1) is 19.2. The van der Waals surface area contributed by atoms with Crippen LogP contribution in [-0.4, -0.2) is 39.7 Å². The maximum absolute atomic E-state index is 13.6. The van der Waals surface area contributed by atoms with Gasteiger partial charge in [-0.25, -0.2) is 4.68 Å². The molecule has 0 aliphatic carbocycles. The van der Waals surface area contributed by atoms with Crippen molar-refractivity contribution in [2.24, 2.45) is 5.73 Å². The van der Waals surface area contributed by atoms with Gasteiger partial charge < -0.3 is 10.6 Å². The van der Waals surface area contributed by atoms with Crippen molar-refractivity contribution in [2.45, 2.75) is 24.8 Å². The number of carbonyl (C=O) groups excluding carboxylic acids is 1.